The van der Waals surface area contributed by atoms with Crippen molar-refractivity contribution in [1.29, 1.82) is 0 Å². The second-order valence-electron chi connectivity index (χ2n) is 4.30. The molecule has 17 heavy (non-hydrogen) atoms. The molecule has 0 aromatic rings. The summed E-state index contributed by atoms with van der Waals surface area (Å²) in [4.78, 5) is 10.8. The molecule has 0 saturated heterocycles. The summed E-state index contributed by atoms with van der Waals surface area (Å²) >= 11 is 0. The van der Waals surface area contributed by atoms with E-state index in [9.17, 15) is 4.79 Å². The lowest BCUT2D eigenvalue weighted by Crippen LogP contribution is -2.14. The van der Waals surface area contributed by atoms with Gasteiger partial charge in [-0.3, -0.25) is 0 Å². The van der Waals surface area contributed by atoms with Crippen molar-refractivity contribution in [3.05, 3.63) is 12.7 Å². The fourth-order valence-electron chi connectivity index (χ4n) is 1.89. The Kier molecular flexibility index (Phi) is 11.4. The molecule has 0 bridgehead atoms. The molecule has 0 aliphatic carbocycles. The van der Waals surface area contributed by atoms with Crippen molar-refractivity contribution in [3.63, 3.8) is 0 Å². The molecule has 100 valence electrons. The average molecular weight is 258 g/mol. The molecule has 0 radical (unpaired) electrons. The van der Waals surface area contributed by atoms with Crippen LogP contribution in [0.1, 0.15) is 26.2 Å². The second-order valence-corrected chi connectivity index (χ2v) is 7.77. The van der Waals surface area contributed by atoms with Crippen LogP contribution < -0.4 is 0 Å². The van der Waals surface area contributed by atoms with Crippen molar-refractivity contribution in [3.8, 4) is 0 Å². The number of hydrogen-bond donors (Lipinski definition) is 0. The fraction of sp³-hybridized carbons (Fsp3) is 0.769. The zero-order valence-electron chi connectivity index (χ0n) is 11.2. The number of esters is 1. The van der Waals surface area contributed by atoms with E-state index in [0.29, 0.717) is 6.61 Å². The van der Waals surface area contributed by atoms with Crippen LogP contribution in [0.4, 0.5) is 0 Å². The van der Waals surface area contributed by atoms with Crippen LogP contribution in [0.2, 0.25) is 18.1 Å². The van der Waals surface area contributed by atoms with Gasteiger partial charge in [-0.2, -0.15) is 0 Å². The van der Waals surface area contributed by atoms with Crippen molar-refractivity contribution >= 4 is 14.8 Å². The zero-order valence-corrected chi connectivity index (χ0v) is 12.4. The van der Waals surface area contributed by atoms with Crippen LogP contribution in [0.15, 0.2) is 12.7 Å². The van der Waals surface area contributed by atoms with Crippen LogP contribution in [0, 0.1) is 0 Å². The zero-order chi connectivity index (χ0) is 12.9. The largest absolute Gasteiger partial charge is 0.463 e. The minimum Gasteiger partial charge on any atom is -0.463 e. The molecule has 0 N–H and O–H groups in total. The summed E-state index contributed by atoms with van der Waals surface area (Å²) in [5.74, 6) is -0.313. The summed E-state index contributed by atoms with van der Waals surface area (Å²) < 4.78 is 10.1. The third-order valence-electron chi connectivity index (χ3n) is 2.84. The summed E-state index contributed by atoms with van der Waals surface area (Å²) in [6.07, 6.45) is 4.64. The quantitative estimate of drug-likeness (QED) is 0.247. The van der Waals surface area contributed by atoms with Crippen LogP contribution >= 0.6 is 0 Å². The molecule has 3 nitrogen and oxygen atoms in total. The first-order valence-corrected chi connectivity index (χ1v) is 8.97. The van der Waals surface area contributed by atoms with E-state index in [1.54, 1.807) is 7.11 Å². The highest BCUT2D eigenvalue weighted by atomic mass is 28.3. The van der Waals surface area contributed by atoms with Crippen LogP contribution in [0.25, 0.3) is 0 Å². The Hall–Kier alpha value is -0.613. The molecule has 0 aliphatic rings. The number of carbonyl (C=O) groups is 1. The van der Waals surface area contributed by atoms with E-state index in [1.807, 2.05) is 0 Å². The second kappa shape index (κ2) is 11.9. The van der Waals surface area contributed by atoms with Gasteiger partial charge in [0.25, 0.3) is 0 Å². The van der Waals surface area contributed by atoms with Gasteiger partial charge in [-0.05, 0) is 12.5 Å². The number of hydrogen-bond acceptors (Lipinski definition) is 3. The van der Waals surface area contributed by atoms with E-state index in [-0.39, 0.29) is 5.97 Å². The maximum absolute atomic E-state index is 10.8. The summed E-state index contributed by atoms with van der Waals surface area (Å²) in [6.45, 7) is 7.05. The summed E-state index contributed by atoms with van der Waals surface area (Å²) in [5, 5.41) is 0. The van der Waals surface area contributed by atoms with E-state index in [2.05, 4.69) is 13.5 Å². The van der Waals surface area contributed by atoms with Gasteiger partial charge in [0.1, 0.15) is 0 Å². The summed E-state index contributed by atoms with van der Waals surface area (Å²) in [7, 11) is 1.16. The van der Waals surface area contributed by atoms with Gasteiger partial charge in [0.15, 0.2) is 0 Å². The van der Waals surface area contributed by atoms with Crippen LogP contribution in [-0.2, 0) is 14.3 Å². The maximum atomic E-state index is 10.8. The molecule has 0 spiro atoms. The highest BCUT2D eigenvalue weighted by Crippen LogP contribution is 2.12. The standard InChI is InChI=1S/C13H26O3Si/c1-4-10-17(12-9-15-3)11-7-6-8-16-13(14)5-2/h5,17H,2,4,6-12H2,1,3H3. The molecule has 0 saturated carbocycles. The minimum absolute atomic E-state index is 0.313. The first kappa shape index (κ1) is 16.4. The molecule has 0 aliphatic heterocycles. The number of unbranched alkanes of at least 4 members (excludes halogenated alkanes) is 1. The van der Waals surface area contributed by atoms with Crippen LogP contribution in [0.5, 0.6) is 0 Å². The van der Waals surface area contributed by atoms with Crippen molar-refractivity contribution < 1.29 is 14.3 Å². The summed E-state index contributed by atoms with van der Waals surface area (Å²) in [5.41, 5.74) is 0. The molecule has 0 rings (SSSR count). The Morgan fingerprint density at radius 1 is 1.24 bits per heavy atom. The fourth-order valence-corrected chi connectivity index (χ4v) is 5.01. The lowest BCUT2D eigenvalue weighted by atomic mass is 10.4. The molecule has 0 aromatic heterocycles. The normalized spacial score (nSPS) is 12.1. The van der Waals surface area contributed by atoms with Gasteiger partial charge in [-0.25, -0.2) is 4.79 Å². The molecule has 0 fully saturated rings. The molecular formula is C13H26O3Si. The van der Waals surface area contributed by atoms with Gasteiger partial charge < -0.3 is 9.47 Å². The first-order valence-electron chi connectivity index (χ1n) is 6.52. The molecule has 0 amide bonds. The molecule has 0 heterocycles. The van der Waals surface area contributed by atoms with Crippen LogP contribution in [-0.4, -0.2) is 35.1 Å². The van der Waals surface area contributed by atoms with E-state index in [0.717, 1.165) is 13.0 Å². The Morgan fingerprint density at radius 2 is 2.00 bits per heavy atom. The monoisotopic (exact) mass is 258 g/mol. The van der Waals surface area contributed by atoms with Crippen molar-refractivity contribution in [2.24, 2.45) is 0 Å². The van der Waals surface area contributed by atoms with Crippen molar-refractivity contribution in [2.75, 3.05) is 20.3 Å². The van der Waals surface area contributed by atoms with Gasteiger partial charge in [0.2, 0.25) is 0 Å². The first-order chi connectivity index (χ1) is 8.24. The summed E-state index contributed by atoms with van der Waals surface area (Å²) in [6, 6.07) is 4.01. The number of ether oxygens (including phenoxy) is 2. The Morgan fingerprint density at radius 3 is 2.59 bits per heavy atom. The van der Waals surface area contributed by atoms with Gasteiger partial charge in [0.05, 0.1) is 6.61 Å². The number of rotatable bonds is 11. The van der Waals surface area contributed by atoms with E-state index in [4.69, 9.17) is 9.47 Å². The lowest BCUT2D eigenvalue weighted by molar-refractivity contribution is -0.137. The van der Waals surface area contributed by atoms with E-state index in [1.165, 1.54) is 37.0 Å². The Labute approximate surface area is 107 Å². The van der Waals surface area contributed by atoms with Crippen molar-refractivity contribution in [1.82, 2.24) is 0 Å². The number of carbonyl (C=O) groups excluding carboxylic acids is 1. The topological polar surface area (TPSA) is 35.5 Å². The van der Waals surface area contributed by atoms with Gasteiger partial charge in [-0.1, -0.05) is 38.4 Å². The van der Waals surface area contributed by atoms with Crippen molar-refractivity contribution in [2.45, 2.75) is 44.3 Å². The molecule has 0 aromatic carbocycles. The molecular weight excluding hydrogens is 232 g/mol. The molecule has 1 unspecified atom stereocenters. The highest BCUT2D eigenvalue weighted by molar-refractivity contribution is 6.58. The Bertz CT molecular complexity index is 207. The SMILES string of the molecule is C=CC(=O)OCCCC[SiH](CCC)CCOC. The average Bonchev–Trinajstić information content (AvgIpc) is 2.34. The highest BCUT2D eigenvalue weighted by Gasteiger charge is 2.09. The predicted molar refractivity (Wildman–Crippen MR) is 74.1 cm³/mol. The molecule has 4 heteroatoms. The smallest absolute Gasteiger partial charge is 0.330 e. The van der Waals surface area contributed by atoms with E-state index < -0.39 is 8.80 Å². The van der Waals surface area contributed by atoms with Gasteiger partial charge in [-0.15, -0.1) is 0 Å². The predicted octanol–water partition coefficient (Wildman–Crippen LogP) is 2.78. The Balaban J connectivity index is 3.52. The van der Waals surface area contributed by atoms with Crippen LogP contribution in [0.3, 0.4) is 0 Å². The lowest BCUT2D eigenvalue weighted by Gasteiger charge is -2.13. The van der Waals surface area contributed by atoms with Gasteiger partial charge in [0, 0.05) is 28.6 Å². The number of methoxy groups -OCH3 is 1. The third-order valence-corrected chi connectivity index (χ3v) is 6.52. The van der Waals surface area contributed by atoms with E-state index >= 15 is 0 Å². The molecule has 1 atom stereocenters. The minimum atomic E-state index is -0.612. The third kappa shape index (κ3) is 10.3. The maximum Gasteiger partial charge on any atom is 0.330 e. The van der Waals surface area contributed by atoms with Gasteiger partial charge >= 0.3 is 5.97 Å².